The van der Waals surface area contributed by atoms with Crippen LogP contribution in [0.1, 0.15) is 251 Å². The van der Waals surface area contributed by atoms with Crippen molar-refractivity contribution in [1.29, 1.82) is 0 Å². The summed E-state index contributed by atoms with van der Waals surface area (Å²) in [5.41, 5.74) is 0. The van der Waals surface area contributed by atoms with Crippen LogP contribution in [-0.2, 0) is 14.3 Å². The Morgan fingerprint density at radius 2 is 0.889 bits per heavy atom. The zero-order chi connectivity index (χ0) is 52.5. The summed E-state index contributed by atoms with van der Waals surface area (Å²) >= 11 is 0. The first-order chi connectivity index (χ1) is 35.2. The third-order valence-corrected chi connectivity index (χ3v) is 14.0. The minimum absolute atomic E-state index is 0.239. The van der Waals surface area contributed by atoms with Crippen molar-refractivity contribution >= 4 is 5.91 Å². The molecule has 0 aromatic carbocycles. The summed E-state index contributed by atoms with van der Waals surface area (Å²) in [6.07, 6.45) is 52.9. The molecule has 1 heterocycles. The molecule has 0 saturated carbocycles. The Morgan fingerprint density at radius 3 is 1.36 bits per heavy atom. The highest BCUT2D eigenvalue weighted by Crippen LogP contribution is 2.23. The Balaban J connectivity index is 2.26. The van der Waals surface area contributed by atoms with Crippen LogP contribution in [0.5, 0.6) is 0 Å². The fourth-order valence-electron chi connectivity index (χ4n) is 9.14. The molecule has 1 rings (SSSR count). The van der Waals surface area contributed by atoms with Gasteiger partial charge < -0.3 is 50.5 Å². The van der Waals surface area contributed by atoms with Gasteiger partial charge in [0, 0.05) is 0 Å². The van der Waals surface area contributed by atoms with Gasteiger partial charge in [0.25, 0.3) is 0 Å². The number of unbranched alkanes of at least 4 members (excludes halogenated alkanes) is 28. The molecule has 11 heteroatoms. The molecule has 1 aliphatic heterocycles. The van der Waals surface area contributed by atoms with E-state index in [1.165, 1.54) is 148 Å². The summed E-state index contributed by atoms with van der Waals surface area (Å²) in [7, 11) is 0. The van der Waals surface area contributed by atoms with Crippen molar-refractivity contribution in [1.82, 2.24) is 5.32 Å². The van der Waals surface area contributed by atoms with Crippen LogP contribution in [0.15, 0.2) is 60.8 Å². The maximum Gasteiger partial charge on any atom is 0.249 e. The van der Waals surface area contributed by atoms with Gasteiger partial charge in [-0.15, -0.1) is 0 Å². The number of carbonyl (C=O) groups is 1. The zero-order valence-electron chi connectivity index (χ0n) is 45.9. The molecule has 420 valence electrons. The van der Waals surface area contributed by atoms with Crippen molar-refractivity contribution in [3.63, 3.8) is 0 Å². The van der Waals surface area contributed by atoms with Gasteiger partial charge in [-0.05, 0) is 89.9 Å². The van der Waals surface area contributed by atoms with Gasteiger partial charge in [-0.2, -0.15) is 0 Å². The molecule has 8 N–H and O–H groups in total. The number of amides is 1. The van der Waals surface area contributed by atoms with Gasteiger partial charge in [-0.1, -0.05) is 222 Å². The molecule has 1 saturated heterocycles. The molecule has 0 aromatic rings. The fourth-order valence-corrected chi connectivity index (χ4v) is 9.14. The Kier molecular flexibility index (Phi) is 46.8. The van der Waals surface area contributed by atoms with E-state index in [9.17, 15) is 40.5 Å². The average Bonchev–Trinajstić information content (AvgIpc) is 3.38. The van der Waals surface area contributed by atoms with Crippen molar-refractivity contribution in [2.45, 2.75) is 306 Å². The molecule has 72 heavy (non-hydrogen) atoms. The van der Waals surface area contributed by atoms with E-state index in [-0.39, 0.29) is 12.8 Å². The lowest BCUT2D eigenvalue weighted by Crippen LogP contribution is -2.60. The number of hydrogen-bond acceptors (Lipinski definition) is 10. The molecule has 9 unspecified atom stereocenters. The summed E-state index contributed by atoms with van der Waals surface area (Å²) in [4.78, 5) is 13.2. The van der Waals surface area contributed by atoms with Crippen molar-refractivity contribution in [3.8, 4) is 0 Å². The SMILES string of the molecule is CCCC/C=C/CC/C=C/CC/C=C/CCCC(O)C(O)C(COC1OC(CO)C(O)C(O)C1O)NC(=O)C(O)CCCCCCCCCCCCCCCC/C=C\C/C=C\CCCCCCCCCCC. The minimum Gasteiger partial charge on any atom is -0.394 e. The predicted molar refractivity (Wildman–Crippen MR) is 298 cm³/mol. The van der Waals surface area contributed by atoms with Crippen molar-refractivity contribution < 1.29 is 50.0 Å². The molecule has 9 atom stereocenters. The highest BCUT2D eigenvalue weighted by molar-refractivity contribution is 5.80. The van der Waals surface area contributed by atoms with Crippen molar-refractivity contribution in [2.75, 3.05) is 13.2 Å². The van der Waals surface area contributed by atoms with Crippen LogP contribution < -0.4 is 5.32 Å². The van der Waals surface area contributed by atoms with Gasteiger partial charge in [-0.3, -0.25) is 4.79 Å². The van der Waals surface area contributed by atoms with Gasteiger partial charge >= 0.3 is 0 Å². The standard InChI is InChI=1S/C61H111NO10/c1-3-5-7-9-11-13-15-17-19-20-21-22-23-24-25-26-27-28-29-30-31-32-33-35-37-39-41-43-45-47-49-54(65)60(70)62-52(51-71-61-59(69)58(68)57(67)55(50-63)72-61)56(66)53(64)48-46-44-42-40-38-36-34-18-16-14-12-10-8-6-4-2/h10,12,18,21-22,24-25,34,40,42,52-59,61,63-69H,3-9,11,13-17,19-20,23,26-33,35-39,41,43-51H2,1-2H3,(H,62,70)/b12-10+,22-21-,25-24-,34-18+,42-40+. The first-order valence-electron chi connectivity index (χ1n) is 29.7. The third-order valence-electron chi connectivity index (χ3n) is 14.0. The molecular formula is C61H111NO10. The number of nitrogens with one attached hydrogen (secondary N) is 1. The number of rotatable bonds is 50. The second kappa shape index (κ2) is 49.7. The number of ether oxygens (including phenoxy) is 2. The number of carbonyl (C=O) groups excluding carboxylic acids is 1. The average molecular weight is 1020 g/mol. The van der Waals surface area contributed by atoms with Crippen molar-refractivity contribution in [2.24, 2.45) is 0 Å². The van der Waals surface area contributed by atoms with Crippen LogP contribution in [0.25, 0.3) is 0 Å². The molecule has 0 aliphatic carbocycles. The first-order valence-corrected chi connectivity index (χ1v) is 29.7. The molecular weight excluding hydrogens is 907 g/mol. The molecule has 0 aromatic heterocycles. The largest absolute Gasteiger partial charge is 0.394 e. The van der Waals surface area contributed by atoms with Crippen LogP contribution in [0.4, 0.5) is 0 Å². The summed E-state index contributed by atoms with van der Waals surface area (Å²) < 4.78 is 11.1. The first kappa shape index (κ1) is 67.8. The lowest BCUT2D eigenvalue weighted by atomic mass is 9.98. The monoisotopic (exact) mass is 1020 g/mol. The summed E-state index contributed by atoms with van der Waals surface area (Å²) in [6.45, 7) is 3.39. The molecule has 1 amide bonds. The molecule has 0 radical (unpaired) electrons. The second-order valence-corrected chi connectivity index (χ2v) is 20.7. The minimum atomic E-state index is -1.67. The number of allylic oxidation sites excluding steroid dienone is 10. The maximum atomic E-state index is 13.2. The lowest BCUT2D eigenvalue weighted by Gasteiger charge is -2.40. The van der Waals surface area contributed by atoms with Crippen LogP contribution >= 0.6 is 0 Å². The van der Waals surface area contributed by atoms with Crippen LogP contribution in [0.3, 0.4) is 0 Å². The third kappa shape index (κ3) is 37.5. The smallest absolute Gasteiger partial charge is 0.249 e. The maximum absolute atomic E-state index is 13.2. The van der Waals surface area contributed by atoms with Gasteiger partial charge in [0.05, 0.1) is 25.4 Å². The fraction of sp³-hybridized carbons (Fsp3) is 0.820. The van der Waals surface area contributed by atoms with Gasteiger partial charge in [0.15, 0.2) is 6.29 Å². The number of hydrogen-bond donors (Lipinski definition) is 8. The molecule has 0 bridgehead atoms. The topological polar surface area (TPSA) is 189 Å². The lowest BCUT2D eigenvalue weighted by molar-refractivity contribution is -0.303. The summed E-state index contributed by atoms with van der Waals surface area (Å²) in [6, 6.07) is -1.20. The van der Waals surface area contributed by atoms with E-state index < -0.39 is 74.2 Å². The van der Waals surface area contributed by atoms with E-state index in [1.807, 2.05) is 0 Å². The predicted octanol–water partition coefficient (Wildman–Crippen LogP) is 12.6. The van der Waals surface area contributed by atoms with E-state index in [4.69, 9.17) is 9.47 Å². The van der Waals surface area contributed by atoms with Gasteiger partial charge in [0.1, 0.15) is 36.6 Å². The Morgan fingerprint density at radius 1 is 0.486 bits per heavy atom. The Labute approximate surface area is 440 Å². The molecule has 1 fully saturated rings. The van der Waals surface area contributed by atoms with Gasteiger partial charge in [-0.25, -0.2) is 0 Å². The van der Waals surface area contributed by atoms with Crippen LogP contribution in [0, 0.1) is 0 Å². The summed E-state index contributed by atoms with van der Waals surface area (Å²) in [5.74, 6) is -0.713. The second-order valence-electron chi connectivity index (χ2n) is 20.7. The molecule has 0 spiro atoms. The van der Waals surface area contributed by atoms with E-state index >= 15 is 0 Å². The van der Waals surface area contributed by atoms with Crippen molar-refractivity contribution in [3.05, 3.63) is 60.8 Å². The zero-order valence-corrected chi connectivity index (χ0v) is 45.9. The van der Waals surface area contributed by atoms with Crippen LogP contribution in [-0.4, -0.2) is 110 Å². The van der Waals surface area contributed by atoms with E-state index in [0.717, 1.165) is 57.8 Å². The van der Waals surface area contributed by atoms with Crippen LogP contribution in [0.2, 0.25) is 0 Å². The number of aliphatic hydroxyl groups is 7. The van der Waals surface area contributed by atoms with Gasteiger partial charge in [0.2, 0.25) is 5.91 Å². The Bertz CT molecular complexity index is 1350. The van der Waals surface area contributed by atoms with E-state index in [2.05, 4.69) is 79.9 Å². The summed E-state index contributed by atoms with van der Waals surface area (Å²) in [5, 5.41) is 76.0. The highest BCUT2D eigenvalue weighted by atomic mass is 16.7. The van der Waals surface area contributed by atoms with E-state index in [0.29, 0.717) is 19.3 Å². The quantitative estimate of drug-likeness (QED) is 0.0215. The molecule has 11 nitrogen and oxygen atoms in total. The van der Waals surface area contributed by atoms with E-state index in [1.54, 1.807) is 0 Å². The highest BCUT2D eigenvalue weighted by Gasteiger charge is 2.44. The number of aliphatic hydroxyl groups excluding tert-OH is 7. The Hall–Kier alpha value is -2.19. The normalized spacial score (nSPS) is 20.5. The molecule has 1 aliphatic rings.